The summed E-state index contributed by atoms with van der Waals surface area (Å²) in [5, 5.41) is 9.41. The van der Waals surface area contributed by atoms with Gasteiger partial charge in [0.15, 0.2) is 11.5 Å². The average Bonchev–Trinajstić information content (AvgIpc) is 3.26. The van der Waals surface area contributed by atoms with E-state index in [1.807, 2.05) is 63.2 Å². The number of benzene rings is 2. The molecule has 0 aromatic heterocycles. The summed E-state index contributed by atoms with van der Waals surface area (Å²) in [6.45, 7) is 7.40. The highest BCUT2D eigenvalue weighted by molar-refractivity contribution is 5.86. The summed E-state index contributed by atoms with van der Waals surface area (Å²) >= 11 is 0. The zero-order valence-electron chi connectivity index (χ0n) is 26.6. The molecular formula is C35H43N3O6. The van der Waals surface area contributed by atoms with E-state index >= 15 is 0 Å². The topological polar surface area (TPSA) is 115 Å². The lowest BCUT2D eigenvalue weighted by Gasteiger charge is -2.26. The van der Waals surface area contributed by atoms with Crippen LogP contribution in [0, 0.1) is 5.92 Å². The molecule has 0 saturated carbocycles. The van der Waals surface area contributed by atoms with Gasteiger partial charge in [-0.25, -0.2) is 0 Å². The summed E-state index contributed by atoms with van der Waals surface area (Å²) in [6.07, 6.45) is 1.88. The number of amides is 2. The van der Waals surface area contributed by atoms with Crippen molar-refractivity contribution in [1.29, 1.82) is 0 Å². The van der Waals surface area contributed by atoms with Crippen molar-refractivity contribution in [3.63, 3.8) is 0 Å². The minimum atomic E-state index is -0.654. The van der Waals surface area contributed by atoms with Crippen LogP contribution >= 0.6 is 0 Å². The van der Waals surface area contributed by atoms with Crippen LogP contribution in [0.2, 0.25) is 0 Å². The first kappa shape index (κ1) is 32.4. The van der Waals surface area contributed by atoms with E-state index in [4.69, 9.17) is 14.2 Å². The van der Waals surface area contributed by atoms with Crippen LogP contribution in [0.4, 0.5) is 5.69 Å². The van der Waals surface area contributed by atoms with Gasteiger partial charge in [-0.2, -0.15) is 0 Å². The predicted octanol–water partition coefficient (Wildman–Crippen LogP) is 5.57. The van der Waals surface area contributed by atoms with Crippen molar-refractivity contribution in [2.75, 3.05) is 26.6 Å². The van der Waals surface area contributed by atoms with Gasteiger partial charge >= 0.3 is 0 Å². The van der Waals surface area contributed by atoms with E-state index in [2.05, 4.69) is 16.0 Å². The quantitative estimate of drug-likeness (QED) is 0.263. The number of nitrogens with one attached hydrogen (secondary N) is 3. The van der Waals surface area contributed by atoms with Crippen molar-refractivity contribution < 1.29 is 23.8 Å². The Morgan fingerprint density at radius 3 is 2.27 bits per heavy atom. The molecule has 4 rings (SSSR count). The van der Waals surface area contributed by atoms with E-state index in [0.29, 0.717) is 35.7 Å². The Morgan fingerprint density at radius 1 is 0.955 bits per heavy atom. The predicted molar refractivity (Wildman–Crippen MR) is 173 cm³/mol. The van der Waals surface area contributed by atoms with Crippen LogP contribution in [-0.4, -0.2) is 39.2 Å². The number of hydrogen-bond donors (Lipinski definition) is 3. The molecule has 44 heavy (non-hydrogen) atoms. The van der Waals surface area contributed by atoms with Gasteiger partial charge in [0, 0.05) is 12.5 Å². The Kier molecular flexibility index (Phi) is 10.5. The SMILES string of the molecule is CC[C@H](C)[C@H](Nc1ccc2c(cc1=O)[C@H](NC(C)=O)CCc1cc(OC)c(OC)c(OC)c1-2)C(=O)N[C@@H](C)c1ccccc1. The summed E-state index contributed by atoms with van der Waals surface area (Å²) in [4.78, 5) is 39.7. The molecule has 1 aliphatic rings. The van der Waals surface area contributed by atoms with Crippen molar-refractivity contribution in [3.8, 4) is 28.4 Å². The van der Waals surface area contributed by atoms with Gasteiger partial charge in [-0.15, -0.1) is 0 Å². The minimum absolute atomic E-state index is 0.0645. The van der Waals surface area contributed by atoms with Gasteiger partial charge in [0.1, 0.15) is 6.04 Å². The summed E-state index contributed by atoms with van der Waals surface area (Å²) < 4.78 is 17.2. The van der Waals surface area contributed by atoms with Gasteiger partial charge in [0.25, 0.3) is 0 Å². The molecule has 234 valence electrons. The largest absolute Gasteiger partial charge is 0.493 e. The fraction of sp³-hybridized carbons (Fsp3) is 0.400. The highest BCUT2D eigenvalue weighted by Crippen LogP contribution is 2.50. The minimum Gasteiger partial charge on any atom is -0.493 e. The van der Waals surface area contributed by atoms with Crippen LogP contribution < -0.4 is 35.6 Å². The van der Waals surface area contributed by atoms with E-state index in [9.17, 15) is 14.4 Å². The van der Waals surface area contributed by atoms with Gasteiger partial charge < -0.3 is 30.2 Å². The number of ether oxygens (including phenoxy) is 3. The van der Waals surface area contributed by atoms with E-state index < -0.39 is 12.1 Å². The maximum atomic E-state index is 13.9. The summed E-state index contributed by atoms with van der Waals surface area (Å²) in [5.41, 5.74) is 4.07. The van der Waals surface area contributed by atoms with Gasteiger partial charge in [-0.3, -0.25) is 14.4 Å². The Balaban J connectivity index is 1.83. The van der Waals surface area contributed by atoms with Crippen LogP contribution in [0.15, 0.2) is 59.4 Å². The fourth-order valence-electron chi connectivity index (χ4n) is 5.82. The smallest absolute Gasteiger partial charge is 0.243 e. The van der Waals surface area contributed by atoms with Crippen molar-refractivity contribution in [1.82, 2.24) is 10.6 Å². The summed E-state index contributed by atoms with van der Waals surface area (Å²) in [7, 11) is 4.68. The molecule has 3 aromatic carbocycles. The molecule has 3 N–H and O–H groups in total. The molecule has 0 unspecified atom stereocenters. The molecule has 4 atom stereocenters. The lowest BCUT2D eigenvalue weighted by molar-refractivity contribution is -0.123. The molecule has 9 nitrogen and oxygen atoms in total. The molecule has 0 aliphatic heterocycles. The standard InChI is InChI=1S/C35H43N3O6/c1-8-20(2)32(35(41)36-21(3)23-12-10-9-11-13-23)38-28-17-15-25-26(19-29(28)40)27(37-22(4)39)16-14-24-18-30(42-5)33(43-6)34(44-7)31(24)25/h9-13,15,17-21,27,32H,8,14,16H2,1-7H3,(H,36,41)(H,37,39)(H,38,40)/t20-,21-,27+,32-/m0/s1. The van der Waals surface area contributed by atoms with Crippen LogP contribution in [0.5, 0.6) is 17.2 Å². The Hall–Kier alpha value is -4.53. The molecular weight excluding hydrogens is 558 g/mol. The van der Waals surface area contributed by atoms with E-state index in [1.54, 1.807) is 33.5 Å². The van der Waals surface area contributed by atoms with Gasteiger partial charge in [0.2, 0.25) is 23.0 Å². The van der Waals surface area contributed by atoms with Crippen molar-refractivity contribution in [2.24, 2.45) is 5.92 Å². The molecule has 0 saturated heterocycles. The molecule has 2 amide bonds. The second kappa shape index (κ2) is 14.3. The second-order valence-corrected chi connectivity index (χ2v) is 11.2. The number of fused-ring (bicyclic) bond motifs is 3. The lowest BCUT2D eigenvalue weighted by atomic mass is 9.95. The van der Waals surface area contributed by atoms with Gasteiger partial charge in [-0.1, -0.05) is 56.7 Å². The van der Waals surface area contributed by atoms with Crippen LogP contribution in [-0.2, 0) is 16.0 Å². The zero-order valence-corrected chi connectivity index (χ0v) is 26.6. The highest BCUT2D eigenvalue weighted by atomic mass is 16.5. The van der Waals surface area contributed by atoms with Gasteiger partial charge in [-0.05, 0) is 66.1 Å². The molecule has 0 heterocycles. The molecule has 3 aromatic rings. The van der Waals surface area contributed by atoms with Crippen LogP contribution in [0.3, 0.4) is 0 Å². The maximum Gasteiger partial charge on any atom is 0.243 e. The number of hydrogen-bond acceptors (Lipinski definition) is 7. The first-order valence-corrected chi connectivity index (χ1v) is 15.0. The average molecular weight is 602 g/mol. The number of rotatable bonds is 11. The normalized spacial score (nSPS) is 15.8. The van der Waals surface area contributed by atoms with Crippen LogP contribution in [0.25, 0.3) is 11.1 Å². The van der Waals surface area contributed by atoms with Crippen molar-refractivity contribution >= 4 is 17.5 Å². The summed E-state index contributed by atoms with van der Waals surface area (Å²) in [5.74, 6) is 0.986. The molecule has 0 spiro atoms. The third-order valence-corrected chi connectivity index (χ3v) is 8.38. The van der Waals surface area contributed by atoms with E-state index in [-0.39, 0.29) is 34.9 Å². The van der Waals surface area contributed by atoms with Crippen LogP contribution in [0.1, 0.15) is 69.3 Å². The number of carbonyl (C=O) groups is 2. The number of carbonyl (C=O) groups excluding carboxylic acids is 2. The monoisotopic (exact) mass is 601 g/mol. The lowest BCUT2D eigenvalue weighted by Crippen LogP contribution is -2.45. The third-order valence-electron chi connectivity index (χ3n) is 8.38. The maximum absolute atomic E-state index is 13.9. The Labute approximate surface area is 259 Å². The van der Waals surface area contributed by atoms with E-state index in [1.165, 1.54) is 6.92 Å². The van der Waals surface area contributed by atoms with Crippen molar-refractivity contribution in [3.05, 3.63) is 81.5 Å². The first-order chi connectivity index (χ1) is 21.1. The molecule has 0 radical (unpaired) electrons. The first-order valence-electron chi connectivity index (χ1n) is 15.0. The van der Waals surface area contributed by atoms with E-state index in [0.717, 1.165) is 28.7 Å². The third kappa shape index (κ3) is 6.82. The zero-order chi connectivity index (χ0) is 32.0. The number of anilines is 1. The molecule has 0 fully saturated rings. The highest BCUT2D eigenvalue weighted by Gasteiger charge is 2.30. The summed E-state index contributed by atoms with van der Waals surface area (Å²) in [6, 6.07) is 15.5. The number of aryl methyl sites for hydroxylation is 1. The number of methoxy groups -OCH3 is 3. The molecule has 0 bridgehead atoms. The Morgan fingerprint density at radius 2 is 1.66 bits per heavy atom. The Bertz CT molecular complexity index is 1560. The molecule has 9 heteroatoms. The second-order valence-electron chi connectivity index (χ2n) is 11.2. The molecule has 1 aliphatic carbocycles. The van der Waals surface area contributed by atoms with Crippen molar-refractivity contribution in [2.45, 2.75) is 65.1 Å². The fourth-order valence-corrected chi connectivity index (χ4v) is 5.82. The van der Waals surface area contributed by atoms with Gasteiger partial charge in [0.05, 0.1) is 39.1 Å².